The maximum atomic E-state index is 13.1. The number of amides is 1. The molecule has 1 N–H and O–H groups in total. The van der Waals surface area contributed by atoms with Gasteiger partial charge < -0.3 is 9.73 Å². The van der Waals surface area contributed by atoms with Crippen molar-refractivity contribution >= 4 is 46.6 Å². The number of carbonyl (C=O) groups is 1. The number of anilines is 1. The molecule has 0 aliphatic carbocycles. The summed E-state index contributed by atoms with van der Waals surface area (Å²) in [5, 5.41) is 11.5. The van der Waals surface area contributed by atoms with Crippen LogP contribution in [-0.4, -0.2) is 21.1 Å². The fourth-order valence-corrected chi connectivity index (χ4v) is 4.11. The van der Waals surface area contributed by atoms with Crippen molar-refractivity contribution in [3.8, 4) is 11.5 Å². The summed E-state index contributed by atoms with van der Waals surface area (Å²) in [7, 11) is 0. The van der Waals surface area contributed by atoms with Crippen molar-refractivity contribution in [3.05, 3.63) is 88.7 Å². The van der Waals surface area contributed by atoms with Crippen molar-refractivity contribution in [1.82, 2.24) is 15.2 Å². The lowest BCUT2D eigenvalue weighted by atomic mass is 10.1. The van der Waals surface area contributed by atoms with Gasteiger partial charge in [-0.2, -0.15) is 0 Å². The Morgan fingerprint density at radius 1 is 0.967 bits per heavy atom. The summed E-state index contributed by atoms with van der Waals surface area (Å²) in [6.07, 6.45) is 3.28. The van der Waals surface area contributed by atoms with E-state index >= 15 is 0 Å². The second-order valence-corrected chi connectivity index (χ2v) is 8.09. The van der Waals surface area contributed by atoms with E-state index in [4.69, 9.17) is 27.6 Å². The largest absolute Gasteiger partial charge is 0.411 e. The van der Waals surface area contributed by atoms with E-state index in [1.54, 1.807) is 42.7 Å². The van der Waals surface area contributed by atoms with Gasteiger partial charge in [0.2, 0.25) is 11.8 Å². The van der Waals surface area contributed by atoms with Gasteiger partial charge in [0.05, 0.1) is 0 Å². The number of benzene rings is 2. The van der Waals surface area contributed by atoms with E-state index in [1.807, 2.05) is 30.3 Å². The molecule has 9 heteroatoms. The first-order valence-corrected chi connectivity index (χ1v) is 10.4. The summed E-state index contributed by atoms with van der Waals surface area (Å²) in [6.45, 7) is 0. The summed E-state index contributed by atoms with van der Waals surface area (Å²) >= 11 is 13.2. The summed E-state index contributed by atoms with van der Waals surface area (Å²) < 4.78 is 5.75. The molecule has 0 spiro atoms. The molecule has 0 aliphatic heterocycles. The third-order valence-electron chi connectivity index (χ3n) is 4.02. The fourth-order valence-electron chi connectivity index (χ4n) is 2.70. The molecule has 0 aliphatic rings. The maximum Gasteiger partial charge on any atom is 0.277 e. The van der Waals surface area contributed by atoms with Crippen LogP contribution in [0.15, 0.2) is 82.7 Å². The van der Waals surface area contributed by atoms with Gasteiger partial charge in [-0.15, -0.1) is 10.2 Å². The Bertz CT molecular complexity index is 1140. The quantitative estimate of drug-likeness (QED) is 0.363. The van der Waals surface area contributed by atoms with Crippen LogP contribution in [0, 0.1) is 0 Å². The standard InChI is InChI=1S/C21H14Cl2N4O2S/c22-15-10-16(23)12-17(11-15)25-19(28)18(13-4-2-1-3-5-13)30-21-27-26-20(29-21)14-6-8-24-9-7-14/h1-12,18H,(H,25,28). The molecule has 1 unspecified atom stereocenters. The van der Waals surface area contributed by atoms with Crippen molar-refractivity contribution in [3.63, 3.8) is 0 Å². The smallest absolute Gasteiger partial charge is 0.277 e. The highest BCUT2D eigenvalue weighted by molar-refractivity contribution is 8.00. The molecule has 4 aromatic rings. The highest BCUT2D eigenvalue weighted by Gasteiger charge is 2.25. The number of carbonyl (C=O) groups excluding carboxylic acids is 1. The van der Waals surface area contributed by atoms with Gasteiger partial charge >= 0.3 is 0 Å². The first kappa shape index (κ1) is 20.4. The van der Waals surface area contributed by atoms with Gasteiger partial charge in [-0.05, 0) is 47.7 Å². The summed E-state index contributed by atoms with van der Waals surface area (Å²) in [5.74, 6) is 0.0851. The number of aromatic nitrogens is 3. The first-order chi connectivity index (χ1) is 14.6. The molecule has 2 aromatic carbocycles. The Morgan fingerprint density at radius 2 is 1.67 bits per heavy atom. The zero-order chi connectivity index (χ0) is 20.9. The first-order valence-electron chi connectivity index (χ1n) is 8.81. The molecule has 150 valence electrons. The van der Waals surface area contributed by atoms with Crippen LogP contribution in [0.2, 0.25) is 10.0 Å². The molecule has 0 bridgehead atoms. The van der Waals surface area contributed by atoms with Gasteiger partial charge in [-0.3, -0.25) is 9.78 Å². The Morgan fingerprint density at radius 3 is 2.37 bits per heavy atom. The van der Waals surface area contributed by atoms with Crippen molar-refractivity contribution in [2.24, 2.45) is 0 Å². The van der Waals surface area contributed by atoms with Gasteiger partial charge in [0, 0.05) is 33.7 Å². The number of thioether (sulfide) groups is 1. The monoisotopic (exact) mass is 456 g/mol. The van der Waals surface area contributed by atoms with E-state index in [0.29, 0.717) is 21.6 Å². The average molecular weight is 457 g/mol. The van der Waals surface area contributed by atoms with Gasteiger partial charge in [0.1, 0.15) is 5.25 Å². The van der Waals surface area contributed by atoms with Crippen molar-refractivity contribution in [2.75, 3.05) is 5.32 Å². The Hall–Kier alpha value is -2.87. The van der Waals surface area contributed by atoms with E-state index in [9.17, 15) is 4.79 Å². The Balaban J connectivity index is 1.59. The molecular formula is C21H14Cl2N4O2S. The van der Waals surface area contributed by atoms with Crippen LogP contribution in [0.4, 0.5) is 5.69 Å². The Kier molecular flexibility index (Phi) is 6.32. The Labute approximate surface area is 186 Å². The van der Waals surface area contributed by atoms with Crippen LogP contribution in [0.1, 0.15) is 10.8 Å². The number of rotatable bonds is 6. The van der Waals surface area contributed by atoms with Gasteiger partial charge in [0.25, 0.3) is 5.22 Å². The fraction of sp³-hybridized carbons (Fsp3) is 0.0476. The molecule has 1 amide bonds. The third-order valence-corrected chi connectivity index (χ3v) is 5.55. The lowest BCUT2D eigenvalue weighted by Crippen LogP contribution is -2.19. The highest BCUT2D eigenvalue weighted by Crippen LogP contribution is 2.37. The highest BCUT2D eigenvalue weighted by atomic mass is 35.5. The minimum Gasteiger partial charge on any atom is -0.411 e. The zero-order valence-electron chi connectivity index (χ0n) is 15.3. The van der Waals surface area contributed by atoms with E-state index in [-0.39, 0.29) is 11.1 Å². The van der Waals surface area contributed by atoms with E-state index in [2.05, 4.69) is 20.5 Å². The molecule has 0 fully saturated rings. The lowest BCUT2D eigenvalue weighted by Gasteiger charge is -2.15. The maximum absolute atomic E-state index is 13.1. The number of pyridine rings is 1. The van der Waals surface area contributed by atoms with Crippen LogP contribution >= 0.6 is 35.0 Å². The predicted molar refractivity (Wildman–Crippen MR) is 118 cm³/mol. The molecule has 30 heavy (non-hydrogen) atoms. The van der Waals surface area contributed by atoms with Crippen molar-refractivity contribution in [1.29, 1.82) is 0 Å². The van der Waals surface area contributed by atoms with Crippen LogP contribution in [0.5, 0.6) is 0 Å². The molecule has 0 saturated heterocycles. The second-order valence-electron chi connectivity index (χ2n) is 6.16. The van der Waals surface area contributed by atoms with E-state index < -0.39 is 5.25 Å². The van der Waals surface area contributed by atoms with Crippen LogP contribution in [-0.2, 0) is 4.79 Å². The molecule has 2 heterocycles. The lowest BCUT2D eigenvalue weighted by molar-refractivity contribution is -0.115. The summed E-state index contributed by atoms with van der Waals surface area (Å²) in [6, 6.07) is 17.7. The minimum atomic E-state index is -0.630. The second kappa shape index (κ2) is 9.30. The molecule has 4 rings (SSSR count). The number of hydrogen-bond acceptors (Lipinski definition) is 6. The number of halogens is 2. The minimum absolute atomic E-state index is 0.270. The molecule has 1 atom stereocenters. The van der Waals surface area contributed by atoms with Crippen LogP contribution in [0.25, 0.3) is 11.5 Å². The van der Waals surface area contributed by atoms with Crippen molar-refractivity contribution < 1.29 is 9.21 Å². The zero-order valence-corrected chi connectivity index (χ0v) is 17.7. The summed E-state index contributed by atoms with van der Waals surface area (Å²) in [4.78, 5) is 17.1. The SMILES string of the molecule is O=C(Nc1cc(Cl)cc(Cl)c1)C(Sc1nnc(-c2ccncc2)o1)c1ccccc1. The normalized spacial score (nSPS) is 11.8. The van der Waals surface area contributed by atoms with Crippen LogP contribution < -0.4 is 5.32 Å². The van der Waals surface area contributed by atoms with Gasteiger partial charge in [-0.25, -0.2) is 0 Å². The van der Waals surface area contributed by atoms with Crippen LogP contribution in [0.3, 0.4) is 0 Å². The number of nitrogens with zero attached hydrogens (tertiary/aromatic N) is 3. The van der Waals surface area contributed by atoms with Gasteiger partial charge in [-0.1, -0.05) is 53.5 Å². The van der Waals surface area contributed by atoms with Gasteiger partial charge in [0.15, 0.2) is 0 Å². The van der Waals surface area contributed by atoms with E-state index in [1.165, 1.54) is 0 Å². The molecule has 0 saturated carbocycles. The molecule has 0 radical (unpaired) electrons. The topological polar surface area (TPSA) is 80.9 Å². The number of nitrogens with one attached hydrogen (secondary N) is 1. The predicted octanol–water partition coefficient (Wildman–Crippen LogP) is 5.91. The average Bonchev–Trinajstić information content (AvgIpc) is 3.21. The molecular weight excluding hydrogens is 443 g/mol. The summed E-state index contributed by atoms with van der Waals surface area (Å²) in [5.41, 5.74) is 2.04. The molecule has 2 aromatic heterocycles. The van der Waals surface area contributed by atoms with E-state index in [0.717, 1.165) is 22.9 Å². The third kappa shape index (κ3) is 4.99. The molecule has 6 nitrogen and oxygen atoms in total. The van der Waals surface area contributed by atoms with Crippen molar-refractivity contribution in [2.45, 2.75) is 10.5 Å². The number of hydrogen-bond donors (Lipinski definition) is 1.